The number of hydrogen-bond donors (Lipinski definition) is 1. The minimum atomic E-state index is -0.768. The van der Waals surface area contributed by atoms with Crippen molar-refractivity contribution in [1.29, 1.82) is 0 Å². The molecule has 0 spiro atoms. The summed E-state index contributed by atoms with van der Waals surface area (Å²) in [5.41, 5.74) is 0.374. The molecule has 118 valence electrons. The molecule has 6 nitrogen and oxygen atoms in total. The van der Waals surface area contributed by atoms with Crippen LogP contribution in [0.5, 0.6) is 0 Å². The molecule has 3 rings (SSSR count). The van der Waals surface area contributed by atoms with E-state index in [0.29, 0.717) is 17.3 Å². The third-order valence-electron chi connectivity index (χ3n) is 2.99. The largest absolute Gasteiger partial charge is 0.360 e. The molecular formula is C15H11F2N3O3. The zero-order valence-corrected chi connectivity index (χ0v) is 12.0. The monoisotopic (exact) mass is 319 g/mol. The van der Waals surface area contributed by atoms with Crippen LogP contribution in [0.25, 0.3) is 11.3 Å². The summed E-state index contributed by atoms with van der Waals surface area (Å²) in [5, 5.41) is 9.87. The second kappa shape index (κ2) is 5.99. The van der Waals surface area contributed by atoms with Crippen molar-refractivity contribution < 1.29 is 22.6 Å². The van der Waals surface area contributed by atoms with E-state index in [0.717, 1.165) is 12.1 Å². The number of rotatable bonds is 4. The molecule has 0 fully saturated rings. The highest BCUT2D eigenvalue weighted by molar-refractivity contribution is 5.91. The smallest absolute Gasteiger partial charge is 0.231 e. The number of nitrogens with one attached hydrogen (secondary N) is 1. The predicted molar refractivity (Wildman–Crippen MR) is 75.4 cm³/mol. The van der Waals surface area contributed by atoms with Crippen molar-refractivity contribution in [3.63, 3.8) is 0 Å². The Morgan fingerprint density at radius 2 is 2.00 bits per heavy atom. The fourth-order valence-electron chi connectivity index (χ4n) is 1.99. The van der Waals surface area contributed by atoms with Gasteiger partial charge in [-0.15, -0.1) is 0 Å². The maximum Gasteiger partial charge on any atom is 0.231 e. The highest BCUT2D eigenvalue weighted by Gasteiger charge is 2.15. The molecule has 0 saturated heterocycles. The van der Waals surface area contributed by atoms with Crippen molar-refractivity contribution in [2.75, 3.05) is 5.32 Å². The first-order chi connectivity index (χ1) is 11.0. The van der Waals surface area contributed by atoms with Crippen molar-refractivity contribution in [2.45, 2.75) is 13.3 Å². The second-order valence-electron chi connectivity index (χ2n) is 4.85. The highest BCUT2D eigenvalue weighted by atomic mass is 19.1. The molecule has 2 aromatic heterocycles. The van der Waals surface area contributed by atoms with Gasteiger partial charge in [0.25, 0.3) is 0 Å². The van der Waals surface area contributed by atoms with Gasteiger partial charge < -0.3 is 14.4 Å². The Balaban J connectivity index is 1.70. The average molecular weight is 319 g/mol. The lowest BCUT2D eigenvalue weighted by molar-refractivity contribution is -0.115. The lowest BCUT2D eigenvalue weighted by atomic mass is 10.1. The van der Waals surface area contributed by atoms with E-state index in [2.05, 4.69) is 15.6 Å². The van der Waals surface area contributed by atoms with Crippen LogP contribution in [0, 0.1) is 18.6 Å². The van der Waals surface area contributed by atoms with Gasteiger partial charge in [-0.1, -0.05) is 10.3 Å². The van der Waals surface area contributed by atoms with E-state index >= 15 is 0 Å². The third-order valence-corrected chi connectivity index (χ3v) is 2.99. The number of amides is 1. The summed E-state index contributed by atoms with van der Waals surface area (Å²) in [6.07, 6.45) is -0.0851. The van der Waals surface area contributed by atoms with Gasteiger partial charge in [0, 0.05) is 18.2 Å². The maximum absolute atomic E-state index is 13.7. The van der Waals surface area contributed by atoms with Crippen LogP contribution in [-0.4, -0.2) is 16.2 Å². The Morgan fingerprint density at radius 1 is 1.17 bits per heavy atom. The van der Waals surface area contributed by atoms with Gasteiger partial charge in [0.15, 0.2) is 11.6 Å². The fraction of sp³-hybridized carbons (Fsp3) is 0.133. The fourth-order valence-corrected chi connectivity index (χ4v) is 1.99. The molecule has 0 unspecified atom stereocenters. The zero-order chi connectivity index (χ0) is 16.4. The molecule has 0 radical (unpaired) electrons. The average Bonchev–Trinajstić information content (AvgIpc) is 3.08. The summed E-state index contributed by atoms with van der Waals surface area (Å²) in [4.78, 5) is 11.9. The number of aryl methyl sites for hydroxylation is 1. The number of benzene rings is 1. The van der Waals surface area contributed by atoms with Crippen LogP contribution in [0.2, 0.25) is 0 Å². The number of hydrogen-bond acceptors (Lipinski definition) is 5. The van der Waals surface area contributed by atoms with Crippen molar-refractivity contribution >= 4 is 11.7 Å². The SMILES string of the molecule is Cc1cc(NC(=O)Cc2cc(-c3ccc(F)cc3F)on2)no1. The Morgan fingerprint density at radius 3 is 2.70 bits per heavy atom. The van der Waals surface area contributed by atoms with Gasteiger partial charge in [0.2, 0.25) is 5.91 Å². The van der Waals surface area contributed by atoms with Crippen LogP contribution >= 0.6 is 0 Å². The molecule has 0 saturated carbocycles. The van der Waals surface area contributed by atoms with E-state index in [1.165, 1.54) is 12.1 Å². The minimum absolute atomic E-state index is 0.0673. The Bertz CT molecular complexity index is 857. The van der Waals surface area contributed by atoms with Crippen LogP contribution in [-0.2, 0) is 11.2 Å². The van der Waals surface area contributed by atoms with E-state index in [9.17, 15) is 13.6 Å². The van der Waals surface area contributed by atoms with Gasteiger partial charge in [0.1, 0.15) is 17.4 Å². The molecule has 2 heterocycles. The molecule has 1 aromatic carbocycles. The van der Waals surface area contributed by atoms with E-state index in [4.69, 9.17) is 9.05 Å². The van der Waals surface area contributed by atoms with E-state index in [-0.39, 0.29) is 23.7 Å². The standard InChI is InChI=1S/C15H11F2N3O3/c1-8-4-14(20-22-8)18-15(21)7-10-6-13(23-19-10)11-3-2-9(16)5-12(11)17/h2-6H,7H2,1H3,(H,18,20,21). The summed E-state index contributed by atoms with van der Waals surface area (Å²) >= 11 is 0. The first-order valence-electron chi connectivity index (χ1n) is 6.65. The predicted octanol–water partition coefficient (Wildman–Crippen LogP) is 3.10. The van der Waals surface area contributed by atoms with E-state index in [1.807, 2.05) is 0 Å². The van der Waals surface area contributed by atoms with Crippen LogP contribution < -0.4 is 5.32 Å². The molecular weight excluding hydrogens is 308 g/mol. The normalized spacial score (nSPS) is 10.7. The summed E-state index contributed by atoms with van der Waals surface area (Å²) in [6.45, 7) is 1.70. The van der Waals surface area contributed by atoms with Crippen LogP contribution in [0.1, 0.15) is 11.5 Å². The lowest BCUT2D eigenvalue weighted by Crippen LogP contribution is -2.14. The zero-order valence-electron chi connectivity index (χ0n) is 12.0. The molecule has 0 bridgehead atoms. The number of carbonyl (C=O) groups excluding carboxylic acids is 1. The van der Waals surface area contributed by atoms with Crippen molar-refractivity contribution in [3.8, 4) is 11.3 Å². The molecule has 1 amide bonds. The first kappa shape index (κ1) is 14.9. The van der Waals surface area contributed by atoms with Gasteiger partial charge in [-0.3, -0.25) is 4.79 Å². The summed E-state index contributed by atoms with van der Waals surface area (Å²) in [7, 11) is 0. The van der Waals surface area contributed by atoms with Gasteiger partial charge >= 0.3 is 0 Å². The number of halogens is 2. The Labute approximate surface area is 129 Å². The van der Waals surface area contributed by atoms with Crippen LogP contribution in [0.4, 0.5) is 14.6 Å². The molecule has 23 heavy (non-hydrogen) atoms. The molecule has 1 N–H and O–H groups in total. The first-order valence-corrected chi connectivity index (χ1v) is 6.65. The molecule has 0 aliphatic rings. The topological polar surface area (TPSA) is 81.2 Å². The highest BCUT2D eigenvalue weighted by Crippen LogP contribution is 2.24. The number of carbonyl (C=O) groups is 1. The lowest BCUT2D eigenvalue weighted by Gasteiger charge is -1.98. The van der Waals surface area contributed by atoms with Crippen molar-refractivity contribution in [1.82, 2.24) is 10.3 Å². The van der Waals surface area contributed by atoms with E-state index in [1.54, 1.807) is 13.0 Å². The molecule has 0 aliphatic heterocycles. The maximum atomic E-state index is 13.7. The summed E-state index contributed by atoms with van der Waals surface area (Å²) < 4.78 is 36.4. The number of anilines is 1. The Hall–Kier alpha value is -3.03. The third kappa shape index (κ3) is 3.42. The van der Waals surface area contributed by atoms with Crippen LogP contribution in [0.3, 0.4) is 0 Å². The van der Waals surface area contributed by atoms with Crippen LogP contribution in [0.15, 0.2) is 39.4 Å². The second-order valence-corrected chi connectivity index (χ2v) is 4.85. The summed E-state index contributed by atoms with van der Waals surface area (Å²) in [5.74, 6) is -0.861. The van der Waals surface area contributed by atoms with Gasteiger partial charge in [-0.25, -0.2) is 8.78 Å². The summed E-state index contributed by atoms with van der Waals surface area (Å²) in [6, 6.07) is 6.09. The number of nitrogens with zero attached hydrogens (tertiary/aromatic N) is 2. The number of aromatic nitrogens is 2. The molecule has 3 aromatic rings. The van der Waals surface area contributed by atoms with E-state index < -0.39 is 11.6 Å². The molecule has 8 heteroatoms. The van der Waals surface area contributed by atoms with Crippen molar-refractivity contribution in [3.05, 3.63) is 53.4 Å². The van der Waals surface area contributed by atoms with Gasteiger partial charge in [0.05, 0.1) is 17.7 Å². The van der Waals surface area contributed by atoms with Crippen molar-refractivity contribution in [2.24, 2.45) is 0 Å². The molecule has 0 atom stereocenters. The van der Waals surface area contributed by atoms with Gasteiger partial charge in [-0.05, 0) is 19.1 Å². The quantitative estimate of drug-likeness (QED) is 0.799. The Kier molecular flexibility index (Phi) is 3.88. The minimum Gasteiger partial charge on any atom is -0.360 e. The molecule has 0 aliphatic carbocycles. The van der Waals surface area contributed by atoms with Gasteiger partial charge in [-0.2, -0.15) is 0 Å².